The lowest BCUT2D eigenvalue weighted by atomic mass is 9.90. The maximum atomic E-state index is 12.4. The van der Waals surface area contributed by atoms with Crippen LogP contribution in [0.3, 0.4) is 0 Å². The van der Waals surface area contributed by atoms with E-state index >= 15 is 0 Å². The molecule has 2 amide bonds. The largest absolute Gasteiger partial charge is 0.467 e. The van der Waals surface area contributed by atoms with E-state index in [-0.39, 0.29) is 23.1 Å². The number of hydrogen-bond donors (Lipinski definition) is 1. The third kappa shape index (κ3) is 5.84. The molecule has 0 radical (unpaired) electrons. The van der Waals surface area contributed by atoms with E-state index in [1.54, 1.807) is 6.26 Å². The molecule has 1 aromatic rings. The Balaban J connectivity index is 1.37. The van der Waals surface area contributed by atoms with Crippen molar-refractivity contribution in [2.45, 2.75) is 65.5 Å². The number of rotatable bonds is 5. The van der Waals surface area contributed by atoms with E-state index in [4.69, 9.17) is 4.42 Å². The van der Waals surface area contributed by atoms with E-state index in [1.165, 1.54) is 0 Å². The van der Waals surface area contributed by atoms with Gasteiger partial charge in [-0.3, -0.25) is 9.59 Å². The van der Waals surface area contributed by atoms with Gasteiger partial charge in [-0.25, -0.2) is 0 Å². The molecule has 156 valence electrons. The standard InChI is InChI=1S/C22H35N3O3/c1-22(2,3)15-20(26)25-12-8-18(9-13-25)24-10-6-17(7-11-24)21(27)23-16-19-5-4-14-28-19/h4-5,14,17-18H,6-13,15-16H2,1-3H3,(H,23,27). The van der Waals surface area contributed by atoms with Gasteiger partial charge in [0.05, 0.1) is 12.8 Å². The van der Waals surface area contributed by atoms with Crippen LogP contribution in [0.4, 0.5) is 0 Å². The quantitative estimate of drug-likeness (QED) is 0.841. The van der Waals surface area contributed by atoms with Crippen molar-refractivity contribution in [1.82, 2.24) is 15.1 Å². The molecule has 0 bridgehead atoms. The second kappa shape index (κ2) is 9.12. The number of likely N-dealkylation sites (tertiary alicyclic amines) is 2. The molecule has 3 heterocycles. The van der Waals surface area contributed by atoms with E-state index in [2.05, 4.69) is 31.0 Å². The summed E-state index contributed by atoms with van der Waals surface area (Å²) >= 11 is 0. The summed E-state index contributed by atoms with van der Waals surface area (Å²) in [5.74, 6) is 1.31. The Hall–Kier alpha value is -1.82. The van der Waals surface area contributed by atoms with Gasteiger partial charge in [-0.1, -0.05) is 20.8 Å². The van der Waals surface area contributed by atoms with Crippen molar-refractivity contribution >= 4 is 11.8 Å². The fourth-order valence-corrected chi connectivity index (χ4v) is 4.30. The van der Waals surface area contributed by atoms with E-state index in [0.717, 1.165) is 57.6 Å². The van der Waals surface area contributed by atoms with Gasteiger partial charge in [-0.2, -0.15) is 0 Å². The molecule has 0 spiro atoms. The highest BCUT2D eigenvalue weighted by atomic mass is 16.3. The SMILES string of the molecule is CC(C)(C)CC(=O)N1CCC(N2CCC(C(=O)NCc3ccco3)CC2)CC1. The molecule has 2 aliphatic rings. The Morgan fingerprint density at radius 2 is 1.79 bits per heavy atom. The van der Waals surface area contributed by atoms with Crippen LogP contribution in [0, 0.1) is 11.3 Å². The van der Waals surface area contributed by atoms with Crippen molar-refractivity contribution in [2.24, 2.45) is 11.3 Å². The summed E-state index contributed by atoms with van der Waals surface area (Å²) in [6, 6.07) is 4.26. The van der Waals surface area contributed by atoms with Crippen molar-refractivity contribution in [3.63, 3.8) is 0 Å². The van der Waals surface area contributed by atoms with Gasteiger partial charge >= 0.3 is 0 Å². The summed E-state index contributed by atoms with van der Waals surface area (Å²) in [5.41, 5.74) is 0.0489. The van der Waals surface area contributed by atoms with Gasteiger partial charge < -0.3 is 19.5 Å². The number of piperidine rings is 2. The van der Waals surface area contributed by atoms with Crippen LogP contribution in [0.25, 0.3) is 0 Å². The summed E-state index contributed by atoms with van der Waals surface area (Å²) < 4.78 is 5.27. The average molecular weight is 390 g/mol. The van der Waals surface area contributed by atoms with Crippen LogP contribution >= 0.6 is 0 Å². The zero-order valence-electron chi connectivity index (χ0n) is 17.6. The molecule has 2 fully saturated rings. The maximum absolute atomic E-state index is 12.4. The minimum Gasteiger partial charge on any atom is -0.467 e. The van der Waals surface area contributed by atoms with E-state index in [1.807, 2.05) is 17.0 Å². The Morgan fingerprint density at radius 1 is 1.11 bits per heavy atom. The fourth-order valence-electron chi connectivity index (χ4n) is 4.30. The van der Waals surface area contributed by atoms with Crippen LogP contribution in [0.1, 0.15) is 58.6 Å². The van der Waals surface area contributed by atoms with Crippen molar-refractivity contribution < 1.29 is 14.0 Å². The van der Waals surface area contributed by atoms with Crippen LogP contribution in [0.2, 0.25) is 0 Å². The first kappa shape index (κ1) is 20.9. The first-order valence-electron chi connectivity index (χ1n) is 10.6. The first-order chi connectivity index (χ1) is 13.3. The zero-order chi connectivity index (χ0) is 20.1. The van der Waals surface area contributed by atoms with Crippen LogP contribution in [0.15, 0.2) is 22.8 Å². The molecule has 0 saturated carbocycles. The number of carbonyl (C=O) groups excluding carboxylic acids is 2. The van der Waals surface area contributed by atoms with Crippen LogP contribution in [-0.4, -0.2) is 53.8 Å². The number of hydrogen-bond acceptors (Lipinski definition) is 4. The summed E-state index contributed by atoms with van der Waals surface area (Å²) in [6.45, 7) is 10.5. The molecule has 3 rings (SSSR count). The number of nitrogens with one attached hydrogen (secondary N) is 1. The van der Waals surface area contributed by atoms with Crippen LogP contribution in [0.5, 0.6) is 0 Å². The van der Waals surface area contributed by atoms with Crippen LogP contribution < -0.4 is 5.32 Å². The van der Waals surface area contributed by atoms with Gasteiger partial charge in [0, 0.05) is 31.5 Å². The lowest BCUT2D eigenvalue weighted by Crippen LogP contribution is -2.50. The Morgan fingerprint density at radius 3 is 2.36 bits per heavy atom. The molecule has 0 aliphatic carbocycles. The van der Waals surface area contributed by atoms with E-state index < -0.39 is 0 Å². The normalized spacial score (nSPS) is 20.3. The molecular formula is C22H35N3O3. The molecule has 0 atom stereocenters. The summed E-state index contributed by atoms with van der Waals surface area (Å²) in [7, 11) is 0. The minimum atomic E-state index is 0.0489. The number of nitrogens with zero attached hydrogens (tertiary/aromatic N) is 2. The van der Waals surface area contributed by atoms with Crippen molar-refractivity contribution in [1.29, 1.82) is 0 Å². The molecule has 6 heteroatoms. The number of amides is 2. The molecule has 2 saturated heterocycles. The van der Waals surface area contributed by atoms with Gasteiger partial charge in [0.15, 0.2) is 0 Å². The maximum Gasteiger partial charge on any atom is 0.223 e. The van der Waals surface area contributed by atoms with Gasteiger partial charge in [-0.15, -0.1) is 0 Å². The van der Waals surface area contributed by atoms with E-state index in [9.17, 15) is 9.59 Å². The molecule has 1 aromatic heterocycles. The smallest absolute Gasteiger partial charge is 0.223 e. The van der Waals surface area contributed by atoms with Crippen LogP contribution in [-0.2, 0) is 16.1 Å². The Bertz CT molecular complexity index is 634. The van der Waals surface area contributed by atoms with E-state index in [0.29, 0.717) is 19.0 Å². The first-order valence-corrected chi connectivity index (χ1v) is 10.6. The predicted octanol–water partition coefficient (Wildman–Crippen LogP) is 3.04. The highest BCUT2D eigenvalue weighted by Gasteiger charge is 2.32. The monoisotopic (exact) mass is 389 g/mol. The molecule has 28 heavy (non-hydrogen) atoms. The molecule has 6 nitrogen and oxygen atoms in total. The fraction of sp³-hybridized carbons (Fsp3) is 0.727. The summed E-state index contributed by atoms with van der Waals surface area (Å²) in [4.78, 5) is 29.4. The highest BCUT2D eigenvalue weighted by molar-refractivity contribution is 5.78. The predicted molar refractivity (Wildman–Crippen MR) is 109 cm³/mol. The summed E-state index contributed by atoms with van der Waals surface area (Å²) in [5, 5.41) is 2.99. The zero-order valence-corrected chi connectivity index (χ0v) is 17.6. The molecular weight excluding hydrogens is 354 g/mol. The highest BCUT2D eigenvalue weighted by Crippen LogP contribution is 2.26. The van der Waals surface area contributed by atoms with Gasteiger partial charge in [-0.05, 0) is 56.3 Å². The van der Waals surface area contributed by atoms with Crippen molar-refractivity contribution in [3.8, 4) is 0 Å². The minimum absolute atomic E-state index is 0.0489. The summed E-state index contributed by atoms with van der Waals surface area (Å²) in [6.07, 6.45) is 6.16. The molecule has 1 N–H and O–H groups in total. The third-order valence-corrected chi connectivity index (χ3v) is 5.93. The molecule has 0 unspecified atom stereocenters. The number of carbonyl (C=O) groups is 2. The van der Waals surface area contributed by atoms with Crippen molar-refractivity contribution in [3.05, 3.63) is 24.2 Å². The Kier molecular flexibility index (Phi) is 6.81. The number of furan rings is 1. The second-order valence-corrected chi connectivity index (χ2v) is 9.46. The lowest BCUT2D eigenvalue weighted by molar-refractivity contribution is -0.135. The lowest BCUT2D eigenvalue weighted by Gasteiger charge is -2.42. The average Bonchev–Trinajstić information content (AvgIpc) is 3.19. The Labute approximate surface area is 168 Å². The van der Waals surface area contributed by atoms with Gasteiger partial charge in [0.25, 0.3) is 0 Å². The van der Waals surface area contributed by atoms with Crippen molar-refractivity contribution in [2.75, 3.05) is 26.2 Å². The third-order valence-electron chi connectivity index (χ3n) is 5.93. The molecule has 2 aliphatic heterocycles. The molecule has 0 aromatic carbocycles. The van der Waals surface area contributed by atoms with Gasteiger partial charge in [0.2, 0.25) is 11.8 Å². The topological polar surface area (TPSA) is 65.8 Å². The van der Waals surface area contributed by atoms with Gasteiger partial charge in [0.1, 0.15) is 5.76 Å². The second-order valence-electron chi connectivity index (χ2n) is 9.46.